The first-order valence-corrected chi connectivity index (χ1v) is 8.26. The lowest BCUT2D eigenvalue weighted by atomic mass is 10.0. The molecule has 0 amide bonds. The predicted octanol–water partition coefficient (Wildman–Crippen LogP) is 2.38. The fourth-order valence-electron chi connectivity index (χ4n) is 2.16. The molecule has 0 aliphatic carbocycles. The van der Waals surface area contributed by atoms with Crippen LogP contribution in [0.15, 0.2) is 29.3 Å². The van der Waals surface area contributed by atoms with Crippen LogP contribution in [-0.4, -0.2) is 30.2 Å². The summed E-state index contributed by atoms with van der Waals surface area (Å²) in [6.07, 6.45) is -2.55. The minimum absolute atomic E-state index is 0.136. The lowest BCUT2D eigenvalue weighted by molar-refractivity contribution is -0.137. The van der Waals surface area contributed by atoms with Crippen molar-refractivity contribution < 1.29 is 26.4 Å². The van der Waals surface area contributed by atoms with Gasteiger partial charge in [0.2, 0.25) is 0 Å². The van der Waals surface area contributed by atoms with Gasteiger partial charge in [-0.2, -0.15) is 18.3 Å². The number of carbonyl (C=O) groups excluding carboxylic acids is 1. The number of hydrogen-bond donors (Lipinski definition) is 0. The maximum atomic E-state index is 12.8. The van der Waals surface area contributed by atoms with Crippen LogP contribution in [0.5, 0.6) is 0 Å². The molecule has 0 saturated carbocycles. The number of carbonyl (C=O) groups is 1. The third kappa shape index (κ3) is 3.44. The number of alkyl halides is 3. The molecule has 23 heavy (non-hydrogen) atoms. The fraction of sp³-hybridized carbons (Fsp3) is 0.286. The normalized spacial score (nSPS) is 12.4. The molecule has 124 valence electrons. The first-order valence-electron chi connectivity index (χ1n) is 6.37. The molecular formula is C14H13F3N2O3S. The van der Waals surface area contributed by atoms with Crippen LogP contribution in [-0.2, 0) is 23.1 Å². The highest BCUT2D eigenvalue weighted by Crippen LogP contribution is 2.32. The molecule has 1 heterocycles. The maximum Gasteiger partial charge on any atom is 0.416 e. The van der Waals surface area contributed by atoms with E-state index in [4.69, 9.17) is 0 Å². The summed E-state index contributed by atoms with van der Waals surface area (Å²) in [6.45, 7) is 1.55. The maximum absolute atomic E-state index is 12.8. The average Bonchev–Trinajstić information content (AvgIpc) is 2.74. The molecule has 0 unspecified atom stereocenters. The minimum Gasteiger partial charge on any atom is -0.288 e. The van der Waals surface area contributed by atoms with Crippen molar-refractivity contribution in [3.05, 3.63) is 46.8 Å². The van der Waals surface area contributed by atoms with E-state index in [0.717, 1.165) is 12.3 Å². The highest BCUT2D eigenvalue weighted by molar-refractivity contribution is 7.90. The number of sulfone groups is 1. The average molecular weight is 346 g/mol. The van der Waals surface area contributed by atoms with Crippen LogP contribution in [0.1, 0.15) is 27.2 Å². The van der Waals surface area contributed by atoms with Gasteiger partial charge in [-0.05, 0) is 25.1 Å². The SMILES string of the molecule is Cc1nn(C)cc1C(=O)c1ccc(C(F)(F)F)cc1S(C)(=O)=O. The van der Waals surface area contributed by atoms with Gasteiger partial charge < -0.3 is 0 Å². The van der Waals surface area contributed by atoms with Gasteiger partial charge in [-0.15, -0.1) is 0 Å². The largest absolute Gasteiger partial charge is 0.416 e. The second-order valence-electron chi connectivity index (χ2n) is 5.11. The second-order valence-corrected chi connectivity index (χ2v) is 7.10. The van der Waals surface area contributed by atoms with Crippen molar-refractivity contribution in [2.24, 2.45) is 7.05 Å². The highest BCUT2D eigenvalue weighted by atomic mass is 32.2. The van der Waals surface area contributed by atoms with Crippen LogP contribution in [0, 0.1) is 6.92 Å². The van der Waals surface area contributed by atoms with Crippen LogP contribution >= 0.6 is 0 Å². The summed E-state index contributed by atoms with van der Waals surface area (Å²) >= 11 is 0. The number of aryl methyl sites for hydroxylation is 2. The molecule has 2 aromatic rings. The van der Waals surface area contributed by atoms with Crippen molar-refractivity contribution in [3.8, 4) is 0 Å². The summed E-state index contributed by atoms with van der Waals surface area (Å²) in [5, 5.41) is 3.97. The summed E-state index contributed by atoms with van der Waals surface area (Å²) in [7, 11) is -2.45. The van der Waals surface area contributed by atoms with Gasteiger partial charge in [-0.3, -0.25) is 9.48 Å². The number of hydrogen-bond acceptors (Lipinski definition) is 4. The molecule has 0 atom stereocenters. The van der Waals surface area contributed by atoms with Gasteiger partial charge in [0, 0.05) is 25.1 Å². The zero-order valence-electron chi connectivity index (χ0n) is 12.5. The van der Waals surface area contributed by atoms with E-state index >= 15 is 0 Å². The molecule has 9 heteroatoms. The Balaban J connectivity index is 2.68. The number of ketones is 1. The van der Waals surface area contributed by atoms with Crippen LogP contribution in [0.2, 0.25) is 0 Å². The molecular weight excluding hydrogens is 333 g/mol. The number of benzene rings is 1. The number of nitrogens with zero attached hydrogens (tertiary/aromatic N) is 2. The van der Waals surface area contributed by atoms with E-state index in [2.05, 4.69) is 5.10 Å². The van der Waals surface area contributed by atoms with Gasteiger partial charge in [0.25, 0.3) is 0 Å². The Morgan fingerprint density at radius 1 is 1.22 bits per heavy atom. The molecule has 0 fully saturated rings. The molecule has 2 rings (SSSR count). The van der Waals surface area contributed by atoms with Gasteiger partial charge in [0.05, 0.1) is 21.7 Å². The standard InChI is InChI=1S/C14H13F3N2O3S/c1-8-11(7-19(2)18-8)13(20)10-5-4-9(14(15,16)17)6-12(10)23(3,21)22/h4-7H,1-3H3. The first-order chi connectivity index (χ1) is 10.4. The lowest BCUT2D eigenvalue weighted by Crippen LogP contribution is -2.13. The fourth-order valence-corrected chi connectivity index (χ4v) is 3.06. The summed E-state index contributed by atoms with van der Waals surface area (Å²) in [4.78, 5) is 11.9. The quantitative estimate of drug-likeness (QED) is 0.800. The first kappa shape index (κ1) is 17.2. The Kier molecular flexibility index (Phi) is 4.10. The number of halogens is 3. The topological polar surface area (TPSA) is 69.0 Å². The molecule has 0 spiro atoms. The van der Waals surface area contributed by atoms with Crippen molar-refractivity contribution in [2.45, 2.75) is 18.0 Å². The molecule has 0 aliphatic heterocycles. The van der Waals surface area contributed by atoms with E-state index in [0.29, 0.717) is 17.8 Å². The minimum atomic E-state index is -4.70. The van der Waals surface area contributed by atoms with E-state index in [1.165, 1.54) is 10.9 Å². The lowest BCUT2D eigenvalue weighted by Gasteiger charge is -2.11. The van der Waals surface area contributed by atoms with Crippen molar-refractivity contribution in [2.75, 3.05) is 6.26 Å². The van der Waals surface area contributed by atoms with Crippen LogP contribution in [0.3, 0.4) is 0 Å². The van der Waals surface area contributed by atoms with Crippen molar-refractivity contribution in [1.29, 1.82) is 0 Å². The van der Waals surface area contributed by atoms with Gasteiger partial charge >= 0.3 is 6.18 Å². The second kappa shape index (κ2) is 5.48. The van der Waals surface area contributed by atoms with Crippen LogP contribution < -0.4 is 0 Å². The van der Waals surface area contributed by atoms with Crippen LogP contribution in [0.4, 0.5) is 13.2 Å². The smallest absolute Gasteiger partial charge is 0.288 e. The molecule has 0 N–H and O–H groups in total. The van der Waals surface area contributed by atoms with Crippen molar-refractivity contribution in [3.63, 3.8) is 0 Å². The molecule has 0 bridgehead atoms. The number of aromatic nitrogens is 2. The molecule has 0 saturated heterocycles. The van der Waals surface area contributed by atoms with Gasteiger partial charge in [-0.25, -0.2) is 8.42 Å². The summed E-state index contributed by atoms with van der Waals surface area (Å²) < 4.78 is 63.4. The Labute approximate surface area is 130 Å². The highest BCUT2D eigenvalue weighted by Gasteiger charge is 2.33. The Morgan fingerprint density at radius 3 is 2.26 bits per heavy atom. The molecule has 0 aliphatic rings. The zero-order valence-corrected chi connectivity index (χ0v) is 13.3. The van der Waals surface area contributed by atoms with E-state index in [9.17, 15) is 26.4 Å². The summed E-state index contributed by atoms with van der Waals surface area (Å²) in [6, 6.07) is 2.05. The van der Waals surface area contributed by atoms with Crippen LogP contribution in [0.25, 0.3) is 0 Å². The third-order valence-corrected chi connectivity index (χ3v) is 4.35. The van der Waals surface area contributed by atoms with E-state index in [1.807, 2.05) is 0 Å². The molecule has 1 aromatic carbocycles. The summed E-state index contributed by atoms with van der Waals surface area (Å²) in [5.41, 5.74) is -0.942. The van der Waals surface area contributed by atoms with E-state index in [1.54, 1.807) is 14.0 Å². The molecule has 5 nitrogen and oxygen atoms in total. The Hall–Kier alpha value is -2.16. The van der Waals surface area contributed by atoms with E-state index < -0.39 is 32.3 Å². The monoisotopic (exact) mass is 346 g/mol. The van der Waals surface area contributed by atoms with E-state index in [-0.39, 0.29) is 11.1 Å². The van der Waals surface area contributed by atoms with Gasteiger partial charge in [0.1, 0.15) is 0 Å². The molecule has 0 radical (unpaired) electrons. The summed E-state index contributed by atoms with van der Waals surface area (Å²) in [5.74, 6) is -0.690. The van der Waals surface area contributed by atoms with Crippen molar-refractivity contribution in [1.82, 2.24) is 9.78 Å². The van der Waals surface area contributed by atoms with Gasteiger partial charge in [0.15, 0.2) is 15.6 Å². The molecule has 1 aromatic heterocycles. The Morgan fingerprint density at radius 2 is 1.83 bits per heavy atom. The predicted molar refractivity (Wildman–Crippen MR) is 75.9 cm³/mol. The van der Waals surface area contributed by atoms with Gasteiger partial charge in [-0.1, -0.05) is 0 Å². The Bertz CT molecular complexity index is 883. The van der Waals surface area contributed by atoms with Crippen molar-refractivity contribution >= 4 is 15.6 Å². The third-order valence-electron chi connectivity index (χ3n) is 3.21. The number of rotatable bonds is 3. The zero-order chi connectivity index (χ0) is 17.6.